The van der Waals surface area contributed by atoms with Crippen molar-refractivity contribution in [3.05, 3.63) is 41.3 Å². The second-order valence-electron chi connectivity index (χ2n) is 4.82. The first kappa shape index (κ1) is 16.7. The van der Waals surface area contributed by atoms with Gasteiger partial charge in [-0.15, -0.1) is 0 Å². The number of hydrogen-bond donors (Lipinski definition) is 1. The first-order valence-electron chi connectivity index (χ1n) is 7.14. The van der Waals surface area contributed by atoms with E-state index in [1.165, 1.54) is 0 Å². The van der Waals surface area contributed by atoms with Crippen LogP contribution in [0.3, 0.4) is 0 Å². The molecule has 5 nitrogen and oxygen atoms in total. The third-order valence-electron chi connectivity index (χ3n) is 3.13. The summed E-state index contributed by atoms with van der Waals surface area (Å²) in [5, 5.41) is 1.16. The Kier molecular flexibility index (Phi) is 6.62. The average molecular weight is 320 g/mol. The van der Waals surface area contributed by atoms with Crippen LogP contribution in [0.15, 0.2) is 35.7 Å². The van der Waals surface area contributed by atoms with Gasteiger partial charge in [-0.1, -0.05) is 42.2 Å². The Morgan fingerprint density at radius 1 is 1.18 bits per heavy atom. The lowest BCUT2D eigenvalue weighted by Gasteiger charge is -2.24. The minimum atomic E-state index is -3.45. The molecule has 0 aliphatic carbocycles. The summed E-state index contributed by atoms with van der Waals surface area (Å²) in [6.07, 6.45) is 1.56. The summed E-state index contributed by atoms with van der Waals surface area (Å²) in [5.74, 6) is 5.80. The summed E-state index contributed by atoms with van der Waals surface area (Å²) >= 11 is 0. The molecule has 0 spiro atoms. The Morgan fingerprint density at radius 3 is 2.64 bits per heavy atom. The van der Waals surface area contributed by atoms with Crippen molar-refractivity contribution in [1.29, 1.82) is 0 Å². The normalized spacial score (nSPS) is 16.4. The number of nitrogens with zero attached hydrogens (tertiary/aromatic N) is 1. The number of sulfonamides is 1. The zero-order valence-corrected chi connectivity index (χ0v) is 13.2. The van der Waals surface area contributed by atoms with Crippen molar-refractivity contribution in [2.75, 3.05) is 39.4 Å². The zero-order chi connectivity index (χ0) is 15.7. The van der Waals surface area contributed by atoms with E-state index in [0.717, 1.165) is 37.3 Å². The molecule has 0 radical (unpaired) electrons. The predicted molar refractivity (Wildman–Crippen MR) is 87.4 cm³/mol. The predicted octanol–water partition coefficient (Wildman–Crippen LogP) is 0.912. The lowest BCUT2D eigenvalue weighted by molar-refractivity contribution is 0.0443. The molecule has 1 fully saturated rings. The summed E-state index contributed by atoms with van der Waals surface area (Å²) in [6, 6.07) is 9.28. The molecule has 1 saturated heterocycles. The van der Waals surface area contributed by atoms with E-state index in [-0.39, 0.29) is 6.54 Å². The zero-order valence-electron chi connectivity index (χ0n) is 12.4. The Bertz CT molecular complexity index is 639. The van der Waals surface area contributed by atoms with Gasteiger partial charge in [0.05, 0.1) is 26.3 Å². The summed E-state index contributed by atoms with van der Waals surface area (Å²) in [4.78, 5) is 2.18. The first-order valence-corrected chi connectivity index (χ1v) is 8.69. The molecule has 0 saturated carbocycles. The summed E-state index contributed by atoms with van der Waals surface area (Å²) in [6.45, 7) is 3.98. The average Bonchev–Trinajstić information content (AvgIpc) is 2.55. The van der Waals surface area contributed by atoms with Gasteiger partial charge in [0.15, 0.2) is 0 Å². The number of nitrogens with one attached hydrogen (secondary N) is 1. The Balaban J connectivity index is 1.74. The summed E-state index contributed by atoms with van der Waals surface area (Å²) in [5.41, 5.74) is 0.839. The third kappa shape index (κ3) is 6.41. The molecule has 1 aliphatic rings. The summed E-state index contributed by atoms with van der Waals surface area (Å²) < 4.78 is 31.2. The molecule has 22 heavy (non-hydrogen) atoms. The van der Waals surface area contributed by atoms with Crippen LogP contribution in [0, 0.1) is 11.8 Å². The van der Waals surface area contributed by atoms with E-state index in [1.54, 1.807) is 6.08 Å². The highest BCUT2D eigenvalue weighted by Gasteiger charge is 2.07. The molecular weight excluding hydrogens is 300 g/mol. The van der Waals surface area contributed by atoms with Crippen LogP contribution in [0.25, 0.3) is 6.08 Å². The summed E-state index contributed by atoms with van der Waals surface area (Å²) in [7, 11) is -3.45. The van der Waals surface area contributed by atoms with Crippen LogP contribution in [0.4, 0.5) is 0 Å². The standard InChI is InChI=1S/C16H20N2O3S/c19-22(20,15-8-16-6-2-1-3-7-16)17-9-4-5-10-18-11-13-21-14-12-18/h1-3,6-8,15,17H,9-14H2. The smallest absolute Gasteiger partial charge is 0.234 e. The van der Waals surface area contributed by atoms with E-state index < -0.39 is 10.0 Å². The number of rotatable bonds is 5. The molecule has 0 aromatic heterocycles. The fourth-order valence-corrected chi connectivity index (χ4v) is 2.61. The largest absolute Gasteiger partial charge is 0.379 e. The highest BCUT2D eigenvalue weighted by molar-refractivity contribution is 7.92. The van der Waals surface area contributed by atoms with Gasteiger partial charge in [-0.3, -0.25) is 4.90 Å². The molecule has 1 aromatic rings. The molecule has 118 valence electrons. The van der Waals surface area contributed by atoms with E-state index in [1.807, 2.05) is 30.3 Å². The molecule has 0 unspecified atom stereocenters. The van der Waals surface area contributed by atoms with Gasteiger partial charge in [-0.25, -0.2) is 8.42 Å². The van der Waals surface area contributed by atoms with Gasteiger partial charge in [0.1, 0.15) is 0 Å². The van der Waals surface area contributed by atoms with E-state index in [4.69, 9.17) is 4.74 Å². The lowest BCUT2D eigenvalue weighted by Crippen LogP contribution is -2.36. The minimum Gasteiger partial charge on any atom is -0.379 e. The van der Waals surface area contributed by atoms with Gasteiger partial charge in [0.25, 0.3) is 0 Å². The van der Waals surface area contributed by atoms with Crippen molar-refractivity contribution >= 4 is 16.1 Å². The Labute approximate surface area is 132 Å². The van der Waals surface area contributed by atoms with Gasteiger partial charge in [-0.2, -0.15) is 4.72 Å². The maximum atomic E-state index is 11.8. The third-order valence-corrected chi connectivity index (χ3v) is 4.17. The van der Waals surface area contributed by atoms with Gasteiger partial charge in [0.2, 0.25) is 10.0 Å². The van der Waals surface area contributed by atoms with Crippen LogP contribution < -0.4 is 4.72 Å². The monoisotopic (exact) mass is 320 g/mol. The number of benzene rings is 1. The van der Waals surface area contributed by atoms with Gasteiger partial charge < -0.3 is 4.74 Å². The first-order chi connectivity index (χ1) is 10.7. The molecule has 2 rings (SSSR count). The van der Waals surface area contributed by atoms with Gasteiger partial charge in [0, 0.05) is 18.5 Å². The number of morpholine rings is 1. The second kappa shape index (κ2) is 8.71. The fourth-order valence-electron chi connectivity index (χ4n) is 1.91. The van der Waals surface area contributed by atoms with Crippen LogP contribution in [0.1, 0.15) is 5.56 Å². The Hall–Kier alpha value is -1.65. The van der Waals surface area contributed by atoms with Crippen molar-refractivity contribution in [2.24, 2.45) is 0 Å². The molecule has 6 heteroatoms. The van der Waals surface area contributed by atoms with Crippen molar-refractivity contribution in [2.45, 2.75) is 0 Å². The van der Waals surface area contributed by atoms with E-state index in [0.29, 0.717) is 6.54 Å². The molecule has 1 aliphatic heterocycles. The molecule has 0 atom stereocenters. The van der Waals surface area contributed by atoms with Crippen molar-refractivity contribution < 1.29 is 13.2 Å². The molecule has 1 aromatic carbocycles. The fraction of sp³-hybridized carbons (Fsp3) is 0.375. The van der Waals surface area contributed by atoms with E-state index >= 15 is 0 Å². The van der Waals surface area contributed by atoms with Crippen molar-refractivity contribution in [3.63, 3.8) is 0 Å². The van der Waals surface area contributed by atoms with Crippen LogP contribution in [-0.4, -0.2) is 52.7 Å². The minimum absolute atomic E-state index is 0.117. The molecule has 1 heterocycles. The van der Waals surface area contributed by atoms with E-state index in [9.17, 15) is 8.42 Å². The van der Waals surface area contributed by atoms with Crippen LogP contribution in [-0.2, 0) is 14.8 Å². The van der Waals surface area contributed by atoms with Crippen LogP contribution in [0.2, 0.25) is 0 Å². The SMILES string of the molecule is O=S(=O)(C=Cc1ccccc1)NCC#CCN1CCOCC1. The molecule has 0 bridgehead atoms. The topological polar surface area (TPSA) is 58.6 Å². The lowest BCUT2D eigenvalue weighted by atomic mass is 10.2. The molecule has 0 amide bonds. The van der Waals surface area contributed by atoms with Gasteiger partial charge in [-0.05, 0) is 11.6 Å². The Morgan fingerprint density at radius 2 is 1.91 bits per heavy atom. The molecular formula is C16H20N2O3S. The highest BCUT2D eigenvalue weighted by atomic mass is 32.2. The van der Waals surface area contributed by atoms with E-state index in [2.05, 4.69) is 21.5 Å². The maximum Gasteiger partial charge on any atom is 0.234 e. The van der Waals surface area contributed by atoms with Crippen molar-refractivity contribution in [3.8, 4) is 11.8 Å². The molecule has 1 N–H and O–H groups in total. The number of ether oxygens (including phenoxy) is 1. The van der Waals surface area contributed by atoms with Gasteiger partial charge >= 0.3 is 0 Å². The quantitative estimate of drug-likeness (QED) is 0.820. The van der Waals surface area contributed by atoms with Crippen molar-refractivity contribution in [1.82, 2.24) is 9.62 Å². The van der Waals surface area contributed by atoms with Crippen LogP contribution in [0.5, 0.6) is 0 Å². The highest BCUT2D eigenvalue weighted by Crippen LogP contribution is 2.02. The number of hydrogen-bond acceptors (Lipinski definition) is 4. The maximum absolute atomic E-state index is 11.8. The second-order valence-corrected chi connectivity index (χ2v) is 6.47. The van der Waals surface area contributed by atoms with Crippen LogP contribution >= 0.6 is 0 Å².